The van der Waals surface area contributed by atoms with E-state index in [4.69, 9.17) is 12.1 Å². The predicted octanol–water partition coefficient (Wildman–Crippen LogP) is 0.00960. The van der Waals surface area contributed by atoms with E-state index in [-0.39, 0.29) is 0 Å². The quantitative estimate of drug-likeness (QED) is 0.354. The van der Waals surface area contributed by atoms with Gasteiger partial charge in [-0.25, -0.2) is 0 Å². The van der Waals surface area contributed by atoms with E-state index in [9.17, 15) is 0 Å². The van der Waals surface area contributed by atoms with Crippen molar-refractivity contribution in [2.75, 3.05) is 0 Å². The van der Waals surface area contributed by atoms with Gasteiger partial charge in [0.1, 0.15) is 0 Å². The molecule has 0 amide bonds. The molecule has 0 radical (unpaired) electrons. The molecule has 0 aromatic heterocycles. The van der Waals surface area contributed by atoms with Gasteiger partial charge in [-0.1, -0.05) is 6.58 Å². The van der Waals surface area contributed by atoms with Crippen molar-refractivity contribution in [1.82, 2.24) is 0 Å². The first-order valence-electron chi connectivity index (χ1n) is 1.09. The summed E-state index contributed by atoms with van der Waals surface area (Å²) in [5, 5.41) is 7.33. The van der Waals surface area contributed by atoms with Gasteiger partial charge < -0.3 is 5.11 Å². The molecule has 35 valence electrons. The molecule has 0 aliphatic heterocycles. The Hall–Kier alpha value is 0.0143. The first-order chi connectivity index (χ1) is 2.83. The maximum atomic E-state index is 8.61. The Morgan fingerprint density at radius 3 is 1.83 bits per heavy atom. The van der Waals surface area contributed by atoms with E-state index in [2.05, 4.69) is 6.58 Å². The summed E-state index contributed by atoms with van der Waals surface area (Å²) in [5.74, 6) is 0. The standard InChI is InChI=1S/C2H4O.H2O.O.Ti/c1-2-3;;;/h2-3H,1H2;1H2;;/q;;;+1/p-1. The molecule has 6 heavy (non-hydrogen) atoms. The third kappa shape index (κ3) is 179000. The molecule has 0 bridgehead atoms. The van der Waals surface area contributed by atoms with Crippen LogP contribution in [0.5, 0.6) is 0 Å². The van der Waals surface area contributed by atoms with Gasteiger partial charge in [0.2, 0.25) is 0 Å². The van der Waals surface area contributed by atoms with Gasteiger partial charge in [0, 0.05) is 0 Å². The van der Waals surface area contributed by atoms with Gasteiger partial charge in [0.15, 0.2) is 0 Å². The monoisotopic (exact) mass is 125 g/mol. The Bertz CT molecular complexity index is 29.8. The van der Waals surface area contributed by atoms with Crippen molar-refractivity contribution < 1.29 is 31.6 Å². The molecule has 4 heteroatoms. The number of hydrogen-bond donors (Lipinski definition) is 2. The summed E-state index contributed by atoms with van der Waals surface area (Å²) in [5.41, 5.74) is 0. The minimum atomic E-state index is -1.75. The third-order valence-corrected chi connectivity index (χ3v) is 0. The van der Waals surface area contributed by atoms with E-state index in [1.54, 1.807) is 0 Å². The van der Waals surface area contributed by atoms with Gasteiger partial charge in [-0.05, 0) is 0 Å². The van der Waals surface area contributed by atoms with Crippen LogP contribution in [0.2, 0.25) is 0 Å². The molecule has 0 saturated heterocycles. The Morgan fingerprint density at radius 1 is 1.83 bits per heavy atom. The first-order valence-corrected chi connectivity index (χ1v) is 2.43. The second kappa shape index (κ2) is 19.9. The summed E-state index contributed by atoms with van der Waals surface area (Å²) >= 11 is -1.75. The zero-order valence-corrected chi connectivity index (χ0v) is 4.65. The van der Waals surface area contributed by atoms with Crippen LogP contribution in [-0.4, -0.2) is 8.79 Å². The molecule has 0 rings (SSSR count). The van der Waals surface area contributed by atoms with Gasteiger partial charge >= 0.3 is 26.5 Å². The Labute approximate surface area is 45.0 Å². The van der Waals surface area contributed by atoms with Crippen LogP contribution in [-0.2, 0) is 22.8 Å². The Balaban J connectivity index is 0. The first kappa shape index (κ1) is 9.38. The molecule has 0 spiro atoms. The summed E-state index contributed by atoms with van der Waals surface area (Å²) in [6, 6.07) is 0. The van der Waals surface area contributed by atoms with E-state index in [0.29, 0.717) is 0 Å². The zero-order chi connectivity index (χ0) is 5.41. The van der Waals surface area contributed by atoms with E-state index in [0.717, 1.165) is 6.26 Å². The van der Waals surface area contributed by atoms with Crippen LogP contribution in [0.4, 0.5) is 0 Å². The molecule has 0 saturated carbocycles. The van der Waals surface area contributed by atoms with Crippen LogP contribution in [0.3, 0.4) is 0 Å². The fourth-order valence-electron chi connectivity index (χ4n) is 0. The molecule has 0 unspecified atom stereocenters. The average Bonchev–Trinajstić information content (AvgIpc) is 1.39. The molecule has 0 aromatic rings. The van der Waals surface area contributed by atoms with Crippen LogP contribution < -0.4 is 0 Å². The van der Waals surface area contributed by atoms with Crippen molar-refractivity contribution in [1.29, 1.82) is 0 Å². The van der Waals surface area contributed by atoms with Crippen molar-refractivity contribution in [2.45, 2.75) is 0 Å². The predicted molar refractivity (Wildman–Crippen MR) is 15.7 cm³/mol. The molecule has 0 heterocycles. The van der Waals surface area contributed by atoms with Crippen molar-refractivity contribution in [3.63, 3.8) is 0 Å². The molecule has 0 atom stereocenters. The Kier molecular flexibility index (Phi) is 31.1. The van der Waals surface area contributed by atoms with Crippen LogP contribution in [0.25, 0.3) is 0 Å². The number of aliphatic hydroxyl groups excluding tert-OH is 1. The molecule has 0 aromatic carbocycles. The van der Waals surface area contributed by atoms with Crippen molar-refractivity contribution in [2.24, 2.45) is 0 Å². The van der Waals surface area contributed by atoms with E-state index in [1.165, 1.54) is 0 Å². The van der Waals surface area contributed by atoms with Gasteiger partial charge in [0.25, 0.3) is 0 Å². The second-order valence-electron chi connectivity index (χ2n) is 0.274. The molecule has 0 aliphatic rings. The second-order valence-corrected chi connectivity index (χ2v) is 0.559. The van der Waals surface area contributed by atoms with Gasteiger partial charge in [0.05, 0.1) is 6.26 Å². The molecule has 3 nitrogen and oxygen atoms in total. The molecular formula is C2H5O3Ti. The van der Waals surface area contributed by atoms with Crippen LogP contribution in [0.1, 0.15) is 0 Å². The van der Waals surface area contributed by atoms with E-state index >= 15 is 0 Å². The van der Waals surface area contributed by atoms with Crippen LogP contribution in [0.15, 0.2) is 12.8 Å². The van der Waals surface area contributed by atoms with Crippen LogP contribution >= 0.6 is 0 Å². The molecule has 0 aliphatic carbocycles. The topological polar surface area (TPSA) is 57.5 Å². The van der Waals surface area contributed by atoms with Crippen LogP contribution in [0, 0.1) is 0 Å². The number of aliphatic hydroxyl groups is 1. The van der Waals surface area contributed by atoms with Gasteiger partial charge in [-0.15, -0.1) is 0 Å². The van der Waals surface area contributed by atoms with E-state index in [1.807, 2.05) is 0 Å². The number of rotatable bonds is 0. The average molecular weight is 125 g/mol. The summed E-state index contributed by atoms with van der Waals surface area (Å²) < 4.78 is 15.8. The SMILES string of the molecule is C=CO.[O]=[Ti][OH]. The fraction of sp³-hybridized carbons (Fsp3) is 0. The summed E-state index contributed by atoms with van der Waals surface area (Å²) in [6.45, 7) is 2.92. The van der Waals surface area contributed by atoms with Crippen molar-refractivity contribution in [3.8, 4) is 0 Å². The summed E-state index contributed by atoms with van der Waals surface area (Å²) in [7, 11) is 0. The fourth-order valence-corrected chi connectivity index (χ4v) is 0. The Morgan fingerprint density at radius 2 is 1.83 bits per heavy atom. The zero-order valence-electron chi connectivity index (χ0n) is 3.09. The number of hydrogen-bond acceptors (Lipinski definition) is 2. The van der Waals surface area contributed by atoms with Gasteiger partial charge in [-0.2, -0.15) is 0 Å². The maximum absolute atomic E-state index is 8.61. The molecular weight excluding hydrogens is 120 g/mol. The summed E-state index contributed by atoms with van der Waals surface area (Å²) in [6.07, 6.45) is 0.750. The normalized spacial score (nSPS) is 3.50. The molecule has 2 N–H and O–H groups in total. The van der Waals surface area contributed by atoms with Gasteiger partial charge in [-0.3, -0.25) is 0 Å². The van der Waals surface area contributed by atoms with Crippen molar-refractivity contribution >= 4 is 0 Å². The summed E-state index contributed by atoms with van der Waals surface area (Å²) in [4.78, 5) is 0. The van der Waals surface area contributed by atoms with Crippen molar-refractivity contribution in [3.05, 3.63) is 12.8 Å². The molecule has 0 fully saturated rings. The minimum absolute atomic E-state index is 0.750. The van der Waals surface area contributed by atoms with E-state index < -0.39 is 19.5 Å². The third-order valence-electron chi connectivity index (χ3n) is 0.